The van der Waals surface area contributed by atoms with Gasteiger partial charge in [-0.2, -0.15) is 0 Å². The first-order valence-corrected chi connectivity index (χ1v) is 6.95. The summed E-state index contributed by atoms with van der Waals surface area (Å²) in [4.78, 5) is 0. The molecule has 1 atom stereocenters. The second kappa shape index (κ2) is 5.53. The molecular formula is C15H14BrClO2. The van der Waals surface area contributed by atoms with Crippen molar-refractivity contribution in [3.63, 3.8) is 0 Å². The monoisotopic (exact) mass is 340 g/mol. The maximum Gasteiger partial charge on any atom is 0.125 e. The molecule has 1 unspecified atom stereocenters. The first kappa shape index (κ1) is 14.4. The molecule has 0 aromatic heterocycles. The molecule has 19 heavy (non-hydrogen) atoms. The minimum absolute atomic E-state index is 0.505. The Labute approximate surface area is 126 Å². The fourth-order valence-electron chi connectivity index (χ4n) is 2.08. The van der Waals surface area contributed by atoms with Crippen molar-refractivity contribution < 1.29 is 9.84 Å². The van der Waals surface area contributed by atoms with Crippen molar-refractivity contribution in [2.75, 3.05) is 7.11 Å². The van der Waals surface area contributed by atoms with Crippen LogP contribution in [0.2, 0.25) is 5.02 Å². The van der Waals surface area contributed by atoms with Crippen LogP contribution in [0, 0.1) is 0 Å². The zero-order valence-corrected chi connectivity index (χ0v) is 13.0. The summed E-state index contributed by atoms with van der Waals surface area (Å²) in [6.07, 6.45) is 0. The minimum Gasteiger partial charge on any atom is -0.496 e. The number of benzene rings is 2. The van der Waals surface area contributed by atoms with Crippen LogP contribution in [0.4, 0.5) is 0 Å². The second-order valence-electron chi connectivity index (χ2n) is 4.40. The Hall–Kier alpha value is -1.03. The third kappa shape index (κ3) is 2.78. The third-order valence-electron chi connectivity index (χ3n) is 3.09. The van der Waals surface area contributed by atoms with Gasteiger partial charge in [-0.15, -0.1) is 0 Å². The normalized spacial score (nSPS) is 13.9. The molecule has 0 aliphatic carbocycles. The van der Waals surface area contributed by atoms with E-state index in [0.717, 1.165) is 4.47 Å². The SMILES string of the molecule is COc1ccccc1C(C)(O)c1ccc(Br)cc1Cl. The molecule has 0 saturated heterocycles. The Morgan fingerprint density at radius 1 is 1.16 bits per heavy atom. The second-order valence-corrected chi connectivity index (χ2v) is 5.72. The first-order valence-electron chi connectivity index (χ1n) is 5.78. The molecule has 0 saturated carbocycles. The van der Waals surface area contributed by atoms with Crippen LogP contribution in [0.15, 0.2) is 46.9 Å². The van der Waals surface area contributed by atoms with Crippen molar-refractivity contribution in [1.82, 2.24) is 0 Å². The topological polar surface area (TPSA) is 29.5 Å². The molecule has 2 aromatic carbocycles. The van der Waals surface area contributed by atoms with Crippen LogP contribution >= 0.6 is 27.5 Å². The lowest BCUT2D eigenvalue weighted by Gasteiger charge is -2.27. The average Bonchev–Trinajstić information content (AvgIpc) is 2.38. The summed E-state index contributed by atoms with van der Waals surface area (Å²) in [5.74, 6) is 0.631. The molecule has 0 heterocycles. The highest BCUT2D eigenvalue weighted by atomic mass is 79.9. The molecule has 0 fully saturated rings. The van der Waals surface area contributed by atoms with Gasteiger partial charge < -0.3 is 9.84 Å². The molecule has 2 rings (SSSR count). The molecular weight excluding hydrogens is 328 g/mol. The summed E-state index contributed by atoms with van der Waals surface area (Å²) < 4.78 is 6.18. The zero-order chi connectivity index (χ0) is 14.0. The number of methoxy groups -OCH3 is 1. The van der Waals surface area contributed by atoms with Gasteiger partial charge >= 0.3 is 0 Å². The summed E-state index contributed by atoms with van der Waals surface area (Å²) in [6.45, 7) is 1.71. The molecule has 0 aliphatic heterocycles. The molecule has 100 valence electrons. The van der Waals surface area contributed by atoms with Crippen LogP contribution in [0.3, 0.4) is 0 Å². The smallest absolute Gasteiger partial charge is 0.125 e. The Morgan fingerprint density at radius 2 is 1.84 bits per heavy atom. The third-order valence-corrected chi connectivity index (χ3v) is 3.89. The highest BCUT2D eigenvalue weighted by Gasteiger charge is 2.30. The predicted octanol–water partition coefficient (Wildman–Crippen LogP) is 4.37. The lowest BCUT2D eigenvalue weighted by molar-refractivity contribution is 0.0990. The van der Waals surface area contributed by atoms with E-state index < -0.39 is 5.60 Å². The van der Waals surface area contributed by atoms with Crippen molar-refractivity contribution in [3.8, 4) is 5.75 Å². The Bertz CT molecular complexity index is 596. The summed E-state index contributed by atoms with van der Waals surface area (Å²) >= 11 is 9.59. The van der Waals surface area contributed by atoms with Crippen molar-refractivity contribution in [1.29, 1.82) is 0 Å². The quantitative estimate of drug-likeness (QED) is 0.898. The highest BCUT2D eigenvalue weighted by molar-refractivity contribution is 9.10. The number of ether oxygens (including phenoxy) is 1. The number of hydrogen-bond donors (Lipinski definition) is 1. The van der Waals surface area contributed by atoms with E-state index in [2.05, 4.69) is 15.9 Å². The maximum atomic E-state index is 10.9. The minimum atomic E-state index is -1.22. The molecule has 0 aliphatic rings. The van der Waals surface area contributed by atoms with E-state index in [1.54, 1.807) is 26.2 Å². The summed E-state index contributed by atoms with van der Waals surface area (Å²) in [6, 6.07) is 12.8. The highest BCUT2D eigenvalue weighted by Crippen LogP contribution is 2.39. The van der Waals surface area contributed by atoms with Gasteiger partial charge in [-0.25, -0.2) is 0 Å². The Balaban J connectivity index is 2.58. The molecule has 2 aromatic rings. The van der Waals surface area contributed by atoms with Gasteiger partial charge in [-0.05, 0) is 25.1 Å². The van der Waals surface area contributed by atoms with E-state index in [9.17, 15) is 5.11 Å². The standard InChI is InChI=1S/C15H14BrClO2/c1-15(18,11-8-7-10(16)9-13(11)17)12-5-3-4-6-14(12)19-2/h3-9,18H,1-2H3. The van der Waals surface area contributed by atoms with Crippen LogP contribution in [-0.2, 0) is 5.60 Å². The van der Waals surface area contributed by atoms with Gasteiger partial charge in [0.1, 0.15) is 11.4 Å². The summed E-state index contributed by atoms with van der Waals surface area (Å²) in [7, 11) is 1.58. The molecule has 4 heteroatoms. The van der Waals surface area contributed by atoms with E-state index in [0.29, 0.717) is 21.9 Å². The van der Waals surface area contributed by atoms with Crippen LogP contribution in [-0.4, -0.2) is 12.2 Å². The van der Waals surface area contributed by atoms with Gasteiger partial charge in [0.15, 0.2) is 0 Å². The molecule has 1 N–H and O–H groups in total. The Kier molecular flexibility index (Phi) is 4.19. The van der Waals surface area contributed by atoms with Crippen molar-refractivity contribution >= 4 is 27.5 Å². The van der Waals surface area contributed by atoms with E-state index in [1.165, 1.54) is 0 Å². The van der Waals surface area contributed by atoms with Crippen molar-refractivity contribution in [2.45, 2.75) is 12.5 Å². The van der Waals surface area contributed by atoms with Crippen LogP contribution in [0.1, 0.15) is 18.1 Å². The molecule has 0 bridgehead atoms. The average molecular weight is 342 g/mol. The maximum absolute atomic E-state index is 10.9. The van der Waals surface area contributed by atoms with Crippen LogP contribution in [0.25, 0.3) is 0 Å². The lowest BCUT2D eigenvalue weighted by atomic mass is 9.87. The number of para-hydroxylation sites is 1. The van der Waals surface area contributed by atoms with Crippen molar-refractivity contribution in [3.05, 3.63) is 63.1 Å². The zero-order valence-electron chi connectivity index (χ0n) is 10.7. The molecule has 0 radical (unpaired) electrons. The van der Waals surface area contributed by atoms with Crippen LogP contribution in [0.5, 0.6) is 5.75 Å². The van der Waals surface area contributed by atoms with Gasteiger partial charge in [0.05, 0.1) is 7.11 Å². The van der Waals surface area contributed by atoms with Gasteiger partial charge in [-0.3, -0.25) is 0 Å². The predicted molar refractivity (Wildman–Crippen MR) is 80.8 cm³/mol. The summed E-state index contributed by atoms with van der Waals surface area (Å²) in [5, 5.41) is 11.4. The fourth-order valence-corrected chi connectivity index (χ4v) is 2.93. The number of hydrogen-bond acceptors (Lipinski definition) is 2. The number of rotatable bonds is 3. The van der Waals surface area contributed by atoms with E-state index in [-0.39, 0.29) is 0 Å². The first-order chi connectivity index (χ1) is 8.96. The van der Waals surface area contributed by atoms with E-state index in [4.69, 9.17) is 16.3 Å². The lowest BCUT2D eigenvalue weighted by Crippen LogP contribution is -2.24. The van der Waals surface area contributed by atoms with Gasteiger partial charge in [0, 0.05) is 20.6 Å². The van der Waals surface area contributed by atoms with Gasteiger partial charge in [-0.1, -0.05) is 51.8 Å². The van der Waals surface area contributed by atoms with E-state index >= 15 is 0 Å². The molecule has 0 amide bonds. The van der Waals surface area contributed by atoms with Crippen LogP contribution < -0.4 is 4.74 Å². The molecule has 0 spiro atoms. The van der Waals surface area contributed by atoms with Crippen molar-refractivity contribution in [2.24, 2.45) is 0 Å². The van der Waals surface area contributed by atoms with Gasteiger partial charge in [0.25, 0.3) is 0 Å². The summed E-state index contributed by atoms with van der Waals surface area (Å²) in [5.41, 5.74) is 0.105. The van der Waals surface area contributed by atoms with Gasteiger partial charge in [0.2, 0.25) is 0 Å². The largest absolute Gasteiger partial charge is 0.496 e. The van der Waals surface area contributed by atoms with E-state index in [1.807, 2.05) is 30.3 Å². The molecule has 2 nitrogen and oxygen atoms in total. The Morgan fingerprint density at radius 3 is 2.47 bits per heavy atom. The number of aliphatic hydroxyl groups is 1. The number of halogens is 2. The fraction of sp³-hybridized carbons (Fsp3) is 0.200.